The standard InChI is InChI=1S/C15H21NO2/c1-11-8-12(2)10-14(9-11)16(4)7-6-13(3)15(17)18-5/h6,8-10H,7H2,1-5H3. The molecule has 98 valence electrons. The molecule has 0 radical (unpaired) electrons. The van der Waals surface area contributed by atoms with E-state index in [9.17, 15) is 4.79 Å². The summed E-state index contributed by atoms with van der Waals surface area (Å²) in [5.74, 6) is -0.274. The van der Waals surface area contributed by atoms with Gasteiger partial charge < -0.3 is 9.64 Å². The third kappa shape index (κ3) is 3.91. The largest absolute Gasteiger partial charge is 0.466 e. The zero-order chi connectivity index (χ0) is 13.7. The topological polar surface area (TPSA) is 29.5 Å². The number of ether oxygens (including phenoxy) is 1. The van der Waals surface area contributed by atoms with Crippen molar-refractivity contribution in [3.8, 4) is 0 Å². The first kappa shape index (κ1) is 14.3. The Bertz CT molecular complexity index is 443. The minimum Gasteiger partial charge on any atom is -0.466 e. The molecule has 0 bridgehead atoms. The van der Waals surface area contributed by atoms with Crippen molar-refractivity contribution < 1.29 is 9.53 Å². The molecule has 3 heteroatoms. The Kier molecular flexibility index (Phi) is 4.95. The van der Waals surface area contributed by atoms with Gasteiger partial charge in [-0.25, -0.2) is 4.79 Å². The number of benzene rings is 1. The third-order valence-electron chi connectivity index (χ3n) is 2.83. The number of carbonyl (C=O) groups excluding carboxylic acids is 1. The van der Waals surface area contributed by atoms with Gasteiger partial charge in [0.1, 0.15) is 0 Å². The number of nitrogens with zero attached hydrogens (tertiary/aromatic N) is 1. The van der Waals surface area contributed by atoms with E-state index in [0.717, 1.165) is 5.69 Å². The van der Waals surface area contributed by atoms with Crippen LogP contribution in [0.25, 0.3) is 0 Å². The zero-order valence-corrected chi connectivity index (χ0v) is 11.8. The van der Waals surface area contributed by atoms with Gasteiger partial charge in [-0.1, -0.05) is 12.1 Å². The maximum atomic E-state index is 11.3. The van der Waals surface area contributed by atoms with Crippen LogP contribution in [-0.2, 0) is 9.53 Å². The molecule has 0 atom stereocenters. The smallest absolute Gasteiger partial charge is 0.333 e. The second-order valence-electron chi connectivity index (χ2n) is 4.61. The highest BCUT2D eigenvalue weighted by Crippen LogP contribution is 2.17. The number of esters is 1. The summed E-state index contributed by atoms with van der Waals surface area (Å²) in [6.45, 7) is 6.62. The number of aryl methyl sites for hydroxylation is 2. The van der Waals surface area contributed by atoms with E-state index >= 15 is 0 Å². The maximum Gasteiger partial charge on any atom is 0.333 e. The fourth-order valence-corrected chi connectivity index (χ4v) is 1.79. The lowest BCUT2D eigenvalue weighted by molar-refractivity contribution is -0.136. The van der Waals surface area contributed by atoms with Crippen molar-refractivity contribution in [1.29, 1.82) is 0 Å². The Balaban J connectivity index is 2.76. The summed E-state index contributed by atoms with van der Waals surface area (Å²) < 4.78 is 4.66. The molecule has 0 aliphatic heterocycles. The Morgan fingerprint density at radius 2 is 1.83 bits per heavy atom. The third-order valence-corrected chi connectivity index (χ3v) is 2.83. The fraction of sp³-hybridized carbons (Fsp3) is 0.400. The molecule has 1 aromatic carbocycles. The quantitative estimate of drug-likeness (QED) is 0.605. The van der Waals surface area contributed by atoms with Gasteiger partial charge in [-0.15, -0.1) is 0 Å². The molecule has 18 heavy (non-hydrogen) atoms. The highest BCUT2D eigenvalue weighted by molar-refractivity contribution is 5.87. The first-order valence-electron chi connectivity index (χ1n) is 5.98. The van der Waals surface area contributed by atoms with Gasteiger partial charge in [0, 0.05) is 24.9 Å². The molecular weight excluding hydrogens is 226 g/mol. The van der Waals surface area contributed by atoms with Crippen molar-refractivity contribution in [2.75, 3.05) is 25.6 Å². The number of carbonyl (C=O) groups is 1. The summed E-state index contributed by atoms with van der Waals surface area (Å²) in [5, 5.41) is 0. The van der Waals surface area contributed by atoms with Crippen LogP contribution in [0.3, 0.4) is 0 Å². The molecule has 0 aromatic heterocycles. The molecule has 0 heterocycles. The Hall–Kier alpha value is -1.77. The van der Waals surface area contributed by atoms with Crippen molar-refractivity contribution in [3.05, 3.63) is 41.0 Å². The van der Waals surface area contributed by atoms with Gasteiger partial charge >= 0.3 is 5.97 Å². The van der Waals surface area contributed by atoms with Crippen LogP contribution >= 0.6 is 0 Å². The molecule has 0 N–H and O–H groups in total. The number of anilines is 1. The van der Waals surface area contributed by atoms with E-state index in [1.165, 1.54) is 18.2 Å². The van der Waals surface area contributed by atoms with E-state index < -0.39 is 0 Å². The van der Waals surface area contributed by atoms with E-state index in [1.807, 2.05) is 13.1 Å². The molecule has 1 rings (SSSR count). The highest BCUT2D eigenvalue weighted by atomic mass is 16.5. The first-order chi connectivity index (χ1) is 8.43. The summed E-state index contributed by atoms with van der Waals surface area (Å²) in [6.07, 6.45) is 1.88. The summed E-state index contributed by atoms with van der Waals surface area (Å²) in [7, 11) is 3.41. The lowest BCUT2D eigenvalue weighted by atomic mass is 10.1. The molecule has 3 nitrogen and oxygen atoms in total. The molecule has 0 saturated heterocycles. The van der Waals surface area contributed by atoms with Crippen LogP contribution in [-0.4, -0.2) is 26.7 Å². The predicted molar refractivity (Wildman–Crippen MR) is 75.0 cm³/mol. The SMILES string of the molecule is COC(=O)C(C)=CCN(C)c1cc(C)cc(C)c1. The average molecular weight is 247 g/mol. The number of rotatable bonds is 4. The maximum absolute atomic E-state index is 11.3. The summed E-state index contributed by atoms with van der Waals surface area (Å²) in [6, 6.07) is 6.41. The predicted octanol–water partition coefficient (Wildman–Crippen LogP) is 2.86. The minimum atomic E-state index is -0.274. The molecule has 0 amide bonds. The van der Waals surface area contributed by atoms with Crippen LogP contribution in [0.1, 0.15) is 18.1 Å². The number of hydrogen-bond acceptors (Lipinski definition) is 3. The van der Waals surface area contributed by atoms with Crippen LogP contribution in [0.4, 0.5) is 5.69 Å². The summed E-state index contributed by atoms with van der Waals surface area (Å²) in [4.78, 5) is 13.4. The number of hydrogen-bond donors (Lipinski definition) is 0. The molecule has 0 aliphatic carbocycles. The van der Waals surface area contributed by atoms with Crippen molar-refractivity contribution in [2.45, 2.75) is 20.8 Å². The van der Waals surface area contributed by atoms with E-state index in [0.29, 0.717) is 12.1 Å². The lowest BCUT2D eigenvalue weighted by Crippen LogP contribution is -2.18. The minimum absolute atomic E-state index is 0.274. The molecular formula is C15H21NO2. The zero-order valence-electron chi connectivity index (χ0n) is 11.8. The molecule has 0 aliphatic rings. The highest BCUT2D eigenvalue weighted by Gasteiger charge is 2.04. The second kappa shape index (κ2) is 6.24. The van der Waals surface area contributed by atoms with Crippen LogP contribution in [0.2, 0.25) is 0 Å². The molecule has 0 spiro atoms. The normalized spacial score (nSPS) is 11.3. The monoisotopic (exact) mass is 247 g/mol. The Morgan fingerprint density at radius 1 is 1.28 bits per heavy atom. The van der Waals surface area contributed by atoms with Gasteiger partial charge in [-0.05, 0) is 44.0 Å². The second-order valence-corrected chi connectivity index (χ2v) is 4.61. The van der Waals surface area contributed by atoms with Gasteiger partial charge in [-0.3, -0.25) is 0 Å². The molecule has 1 aromatic rings. The van der Waals surface area contributed by atoms with Crippen molar-refractivity contribution in [2.24, 2.45) is 0 Å². The van der Waals surface area contributed by atoms with Crippen LogP contribution in [0.15, 0.2) is 29.8 Å². The number of methoxy groups -OCH3 is 1. The van der Waals surface area contributed by atoms with Crippen LogP contribution in [0.5, 0.6) is 0 Å². The van der Waals surface area contributed by atoms with Crippen LogP contribution in [0, 0.1) is 13.8 Å². The fourth-order valence-electron chi connectivity index (χ4n) is 1.79. The lowest BCUT2D eigenvalue weighted by Gasteiger charge is -2.19. The first-order valence-corrected chi connectivity index (χ1v) is 5.98. The van der Waals surface area contributed by atoms with Gasteiger partial charge in [0.15, 0.2) is 0 Å². The van der Waals surface area contributed by atoms with Gasteiger partial charge in [-0.2, -0.15) is 0 Å². The molecule has 0 fully saturated rings. The average Bonchev–Trinajstić information content (AvgIpc) is 2.33. The van der Waals surface area contributed by atoms with Gasteiger partial charge in [0.05, 0.1) is 7.11 Å². The Labute approximate surface area is 109 Å². The molecule has 0 unspecified atom stereocenters. The van der Waals surface area contributed by atoms with E-state index in [1.54, 1.807) is 6.92 Å². The number of likely N-dealkylation sites (N-methyl/N-ethyl adjacent to an activating group) is 1. The summed E-state index contributed by atoms with van der Waals surface area (Å²) >= 11 is 0. The van der Waals surface area contributed by atoms with Crippen LogP contribution < -0.4 is 4.90 Å². The van der Waals surface area contributed by atoms with E-state index in [-0.39, 0.29) is 5.97 Å². The van der Waals surface area contributed by atoms with Crippen molar-refractivity contribution in [1.82, 2.24) is 0 Å². The van der Waals surface area contributed by atoms with Crippen molar-refractivity contribution in [3.63, 3.8) is 0 Å². The Morgan fingerprint density at radius 3 is 2.33 bits per heavy atom. The van der Waals surface area contributed by atoms with Gasteiger partial charge in [0.2, 0.25) is 0 Å². The van der Waals surface area contributed by atoms with E-state index in [4.69, 9.17) is 0 Å². The molecule has 0 saturated carbocycles. The van der Waals surface area contributed by atoms with E-state index in [2.05, 4.69) is 41.7 Å². The van der Waals surface area contributed by atoms with Crippen molar-refractivity contribution >= 4 is 11.7 Å². The van der Waals surface area contributed by atoms with Gasteiger partial charge in [0.25, 0.3) is 0 Å². The summed E-state index contributed by atoms with van der Waals surface area (Å²) in [5.41, 5.74) is 4.27.